The number of esters is 1. The summed E-state index contributed by atoms with van der Waals surface area (Å²) in [6.07, 6.45) is 0.358. The summed E-state index contributed by atoms with van der Waals surface area (Å²) in [4.78, 5) is 43.3. The number of morpholine rings is 1. The van der Waals surface area contributed by atoms with E-state index in [9.17, 15) is 14.4 Å². The number of hydrogen-bond donors (Lipinski definition) is 0. The van der Waals surface area contributed by atoms with Crippen LogP contribution in [0.15, 0.2) is 22.3 Å². The molecule has 0 radical (unpaired) electrons. The SMILES string of the molecule is COC(=O)c1c(OCCN2CCOCC2)cc(=O)n2c1CCN(C(=O)c1sccc1C)CC2. The van der Waals surface area contributed by atoms with Crippen LogP contribution in [0.4, 0.5) is 0 Å². The fourth-order valence-electron chi connectivity index (χ4n) is 4.23. The second-order valence-electron chi connectivity index (χ2n) is 8.09. The Bertz CT molecular complexity index is 1070. The summed E-state index contributed by atoms with van der Waals surface area (Å²) in [5.41, 5.74) is 1.50. The summed E-state index contributed by atoms with van der Waals surface area (Å²) >= 11 is 1.41. The largest absolute Gasteiger partial charge is 0.491 e. The zero-order chi connectivity index (χ0) is 23.4. The van der Waals surface area contributed by atoms with Gasteiger partial charge in [-0.1, -0.05) is 0 Å². The molecule has 1 amide bonds. The van der Waals surface area contributed by atoms with E-state index in [4.69, 9.17) is 14.2 Å². The average Bonchev–Trinajstić information content (AvgIpc) is 3.12. The van der Waals surface area contributed by atoms with Crippen LogP contribution in [0.1, 0.15) is 31.3 Å². The number of ether oxygens (including phenoxy) is 3. The first-order valence-corrected chi connectivity index (χ1v) is 12.0. The number of carbonyl (C=O) groups excluding carboxylic acids is 2. The van der Waals surface area contributed by atoms with Crippen molar-refractivity contribution in [2.45, 2.75) is 19.9 Å². The lowest BCUT2D eigenvalue weighted by Gasteiger charge is -2.26. The molecule has 2 aromatic heterocycles. The van der Waals surface area contributed by atoms with Crippen molar-refractivity contribution in [2.24, 2.45) is 0 Å². The summed E-state index contributed by atoms with van der Waals surface area (Å²) in [5.74, 6) is -0.362. The van der Waals surface area contributed by atoms with Gasteiger partial charge in [0.15, 0.2) is 0 Å². The number of hydrogen-bond acceptors (Lipinski definition) is 8. The second kappa shape index (κ2) is 10.5. The van der Waals surface area contributed by atoms with Gasteiger partial charge in [-0.25, -0.2) is 4.79 Å². The standard InChI is InChI=1S/C23H29N3O6S/c1-16-4-14-33-21(16)22(28)25-5-3-17-20(23(29)30-2)18(15-19(27)26(17)7-6-25)32-13-10-24-8-11-31-12-9-24/h4,14-15H,3,5-13H2,1-2H3. The van der Waals surface area contributed by atoms with Crippen molar-refractivity contribution in [1.29, 1.82) is 0 Å². The molecule has 0 spiro atoms. The Labute approximate surface area is 196 Å². The van der Waals surface area contributed by atoms with Gasteiger partial charge < -0.3 is 23.7 Å². The molecule has 0 saturated carbocycles. The van der Waals surface area contributed by atoms with Crippen LogP contribution in [0.5, 0.6) is 5.75 Å². The number of nitrogens with zero attached hydrogens (tertiary/aromatic N) is 3. The molecule has 4 rings (SSSR count). The lowest BCUT2D eigenvalue weighted by Crippen LogP contribution is -2.38. The monoisotopic (exact) mass is 475 g/mol. The molecule has 2 aliphatic rings. The number of methoxy groups -OCH3 is 1. The Balaban J connectivity index is 1.56. The molecule has 1 fully saturated rings. The van der Waals surface area contributed by atoms with Crippen molar-refractivity contribution in [1.82, 2.24) is 14.4 Å². The molecule has 9 nitrogen and oxygen atoms in total. The van der Waals surface area contributed by atoms with Gasteiger partial charge in [-0.3, -0.25) is 14.5 Å². The lowest BCUT2D eigenvalue weighted by molar-refractivity contribution is 0.0320. The number of pyridine rings is 1. The second-order valence-corrected chi connectivity index (χ2v) is 9.01. The van der Waals surface area contributed by atoms with Crippen molar-refractivity contribution in [3.05, 3.63) is 49.6 Å². The van der Waals surface area contributed by atoms with E-state index in [0.29, 0.717) is 63.0 Å². The summed E-state index contributed by atoms with van der Waals surface area (Å²) in [6, 6.07) is 3.28. The van der Waals surface area contributed by atoms with E-state index in [-0.39, 0.29) is 22.8 Å². The first kappa shape index (κ1) is 23.5. The van der Waals surface area contributed by atoms with Gasteiger partial charge in [0.25, 0.3) is 11.5 Å². The van der Waals surface area contributed by atoms with E-state index in [1.54, 1.807) is 9.47 Å². The number of amides is 1. The van der Waals surface area contributed by atoms with Crippen LogP contribution in [-0.2, 0) is 22.4 Å². The molecule has 0 bridgehead atoms. The Kier molecular flexibility index (Phi) is 7.46. The Hall–Kier alpha value is -2.69. The molecule has 0 aliphatic carbocycles. The van der Waals surface area contributed by atoms with Gasteiger partial charge in [0.1, 0.15) is 17.9 Å². The van der Waals surface area contributed by atoms with Crippen LogP contribution in [0.3, 0.4) is 0 Å². The number of thiophene rings is 1. The molecule has 4 heterocycles. The highest BCUT2D eigenvalue weighted by Crippen LogP contribution is 2.25. The summed E-state index contributed by atoms with van der Waals surface area (Å²) in [5, 5.41) is 1.90. The third-order valence-electron chi connectivity index (χ3n) is 6.10. The first-order valence-electron chi connectivity index (χ1n) is 11.1. The molecule has 0 aromatic carbocycles. The van der Waals surface area contributed by atoms with Crippen molar-refractivity contribution in [3.8, 4) is 5.75 Å². The van der Waals surface area contributed by atoms with Crippen LogP contribution in [0, 0.1) is 6.92 Å². The number of carbonyl (C=O) groups is 2. The highest BCUT2D eigenvalue weighted by Gasteiger charge is 2.28. The smallest absolute Gasteiger partial charge is 0.343 e. The average molecular weight is 476 g/mol. The Morgan fingerprint density at radius 1 is 1.15 bits per heavy atom. The first-order chi connectivity index (χ1) is 16.0. The van der Waals surface area contributed by atoms with Crippen LogP contribution in [-0.4, -0.2) is 85.9 Å². The van der Waals surface area contributed by atoms with Crippen LogP contribution >= 0.6 is 11.3 Å². The molecule has 2 aliphatic heterocycles. The van der Waals surface area contributed by atoms with E-state index < -0.39 is 5.97 Å². The molecule has 33 heavy (non-hydrogen) atoms. The van der Waals surface area contributed by atoms with Crippen molar-refractivity contribution in [3.63, 3.8) is 0 Å². The number of fused-ring (bicyclic) bond motifs is 1. The van der Waals surface area contributed by atoms with Gasteiger partial charge in [0.05, 0.1) is 25.2 Å². The van der Waals surface area contributed by atoms with Crippen molar-refractivity contribution in [2.75, 3.05) is 59.7 Å². The fourth-order valence-corrected chi connectivity index (χ4v) is 5.13. The van der Waals surface area contributed by atoms with E-state index in [1.165, 1.54) is 24.5 Å². The molecule has 0 unspecified atom stereocenters. The van der Waals surface area contributed by atoms with Crippen molar-refractivity contribution < 1.29 is 23.8 Å². The minimum absolute atomic E-state index is 0.0510. The highest BCUT2D eigenvalue weighted by molar-refractivity contribution is 7.12. The third-order valence-corrected chi connectivity index (χ3v) is 7.10. The molecule has 2 aromatic rings. The lowest BCUT2D eigenvalue weighted by atomic mass is 10.1. The highest BCUT2D eigenvalue weighted by atomic mass is 32.1. The molecular weight excluding hydrogens is 446 g/mol. The van der Waals surface area contributed by atoms with Gasteiger partial charge in [0, 0.05) is 57.4 Å². The molecule has 178 valence electrons. The maximum Gasteiger partial charge on any atom is 0.343 e. The van der Waals surface area contributed by atoms with Gasteiger partial charge in [-0.05, 0) is 23.9 Å². The minimum Gasteiger partial charge on any atom is -0.491 e. The maximum atomic E-state index is 13.0. The van der Waals surface area contributed by atoms with Gasteiger partial charge in [-0.2, -0.15) is 0 Å². The predicted molar refractivity (Wildman–Crippen MR) is 123 cm³/mol. The molecule has 10 heteroatoms. The van der Waals surface area contributed by atoms with Crippen LogP contribution in [0.2, 0.25) is 0 Å². The number of rotatable bonds is 6. The maximum absolute atomic E-state index is 13.0. The van der Waals surface area contributed by atoms with Gasteiger partial charge >= 0.3 is 5.97 Å². The van der Waals surface area contributed by atoms with E-state index in [1.807, 2.05) is 18.4 Å². The van der Waals surface area contributed by atoms with Gasteiger partial charge in [-0.15, -0.1) is 11.3 Å². The summed E-state index contributed by atoms with van der Waals surface area (Å²) < 4.78 is 17.9. The topological polar surface area (TPSA) is 90.3 Å². The quantitative estimate of drug-likeness (QED) is 0.584. The fraction of sp³-hybridized carbons (Fsp3) is 0.522. The molecule has 0 atom stereocenters. The van der Waals surface area contributed by atoms with Crippen LogP contribution < -0.4 is 10.3 Å². The normalized spacial score (nSPS) is 16.7. The van der Waals surface area contributed by atoms with E-state index in [2.05, 4.69) is 4.90 Å². The zero-order valence-corrected chi connectivity index (χ0v) is 19.8. The minimum atomic E-state index is -0.547. The molecular formula is C23H29N3O6S. The van der Waals surface area contributed by atoms with E-state index >= 15 is 0 Å². The number of aromatic nitrogens is 1. The Morgan fingerprint density at radius 2 is 1.94 bits per heavy atom. The van der Waals surface area contributed by atoms with E-state index in [0.717, 1.165) is 18.7 Å². The summed E-state index contributed by atoms with van der Waals surface area (Å²) in [7, 11) is 1.31. The van der Waals surface area contributed by atoms with Crippen molar-refractivity contribution >= 4 is 23.2 Å². The third kappa shape index (κ3) is 5.13. The predicted octanol–water partition coefficient (Wildman–Crippen LogP) is 1.41. The Morgan fingerprint density at radius 3 is 2.64 bits per heavy atom. The molecule has 1 saturated heterocycles. The molecule has 0 N–H and O–H groups in total. The summed E-state index contributed by atoms with van der Waals surface area (Å²) in [6.45, 7) is 7.06. The zero-order valence-electron chi connectivity index (χ0n) is 19.0. The van der Waals surface area contributed by atoms with Crippen LogP contribution in [0.25, 0.3) is 0 Å². The number of aryl methyl sites for hydroxylation is 1. The van der Waals surface area contributed by atoms with Gasteiger partial charge in [0.2, 0.25) is 0 Å².